The first-order valence-corrected chi connectivity index (χ1v) is 7.96. The lowest BCUT2D eigenvalue weighted by atomic mass is 10.0. The number of amides is 1. The Balaban J connectivity index is 1.72. The van der Waals surface area contributed by atoms with E-state index < -0.39 is 0 Å². The van der Waals surface area contributed by atoms with Crippen LogP contribution in [0, 0.1) is 0 Å². The molecular weight excluding hydrogens is 294 g/mol. The minimum absolute atomic E-state index is 0.00749. The van der Waals surface area contributed by atoms with Crippen LogP contribution < -0.4 is 14.8 Å². The molecule has 1 aliphatic heterocycles. The van der Waals surface area contributed by atoms with Crippen molar-refractivity contribution in [1.29, 1.82) is 0 Å². The number of H-pyrrole nitrogens is 1. The molecule has 0 bridgehead atoms. The summed E-state index contributed by atoms with van der Waals surface area (Å²) in [6.45, 7) is 3.04. The molecule has 0 spiro atoms. The molecule has 122 valence electrons. The van der Waals surface area contributed by atoms with Gasteiger partial charge in [0.1, 0.15) is 0 Å². The molecule has 2 aromatic rings. The molecule has 1 aliphatic rings. The molecule has 2 heterocycles. The lowest BCUT2D eigenvalue weighted by Gasteiger charge is -2.09. The predicted octanol–water partition coefficient (Wildman–Crippen LogP) is 2.65. The standard InChI is InChI=1S/C17H21N3O3/c1-2-3-4-7-19-15(21)8-12-5-6-13(14-9-18-10-20-14)17-16(12)22-11-23-17/h5-6,9-10H,2-4,7-8,11H2,1H3,(H,18,20)(H,19,21). The third kappa shape index (κ3) is 3.47. The number of hydrogen-bond donors (Lipinski definition) is 2. The Morgan fingerprint density at radius 2 is 2.17 bits per heavy atom. The highest BCUT2D eigenvalue weighted by Gasteiger charge is 2.24. The summed E-state index contributed by atoms with van der Waals surface area (Å²) in [5.74, 6) is 1.33. The molecule has 0 atom stereocenters. The molecule has 0 saturated carbocycles. The highest BCUT2D eigenvalue weighted by molar-refractivity contribution is 5.81. The molecule has 0 saturated heterocycles. The van der Waals surface area contributed by atoms with Gasteiger partial charge in [0.15, 0.2) is 11.5 Å². The Kier molecular flexibility index (Phi) is 4.80. The molecule has 6 nitrogen and oxygen atoms in total. The normalized spacial score (nSPS) is 12.4. The number of hydrogen-bond acceptors (Lipinski definition) is 4. The number of nitrogens with one attached hydrogen (secondary N) is 2. The first kappa shape index (κ1) is 15.4. The third-order valence-corrected chi connectivity index (χ3v) is 3.84. The lowest BCUT2D eigenvalue weighted by Crippen LogP contribution is -2.26. The second-order valence-electron chi connectivity index (χ2n) is 5.54. The third-order valence-electron chi connectivity index (χ3n) is 3.84. The predicted molar refractivity (Wildman–Crippen MR) is 86.4 cm³/mol. The number of ether oxygens (including phenoxy) is 2. The summed E-state index contributed by atoms with van der Waals surface area (Å²) >= 11 is 0. The van der Waals surface area contributed by atoms with Gasteiger partial charge in [-0.3, -0.25) is 4.79 Å². The molecule has 0 radical (unpaired) electrons. The van der Waals surface area contributed by atoms with Gasteiger partial charge < -0.3 is 19.8 Å². The van der Waals surface area contributed by atoms with Crippen LogP contribution in [-0.2, 0) is 11.2 Å². The van der Waals surface area contributed by atoms with Crippen molar-refractivity contribution in [2.24, 2.45) is 0 Å². The summed E-state index contributed by atoms with van der Waals surface area (Å²) in [6.07, 6.45) is 6.93. The fraction of sp³-hybridized carbons (Fsp3) is 0.412. The van der Waals surface area contributed by atoms with Crippen LogP contribution in [0.25, 0.3) is 11.3 Å². The molecule has 1 aromatic heterocycles. The van der Waals surface area contributed by atoms with E-state index in [-0.39, 0.29) is 12.7 Å². The maximum Gasteiger partial charge on any atom is 0.231 e. The summed E-state index contributed by atoms with van der Waals surface area (Å²) in [6, 6.07) is 3.84. The number of aromatic amines is 1. The van der Waals surface area contributed by atoms with E-state index in [1.807, 2.05) is 12.1 Å². The molecule has 3 rings (SSSR count). The maximum atomic E-state index is 12.1. The van der Waals surface area contributed by atoms with Crippen molar-refractivity contribution < 1.29 is 14.3 Å². The Bertz CT molecular complexity index is 668. The number of unbranched alkanes of at least 4 members (excludes halogenated alkanes) is 2. The number of aromatic nitrogens is 2. The van der Waals surface area contributed by atoms with E-state index in [1.165, 1.54) is 0 Å². The van der Waals surface area contributed by atoms with E-state index in [4.69, 9.17) is 9.47 Å². The van der Waals surface area contributed by atoms with Crippen LogP contribution >= 0.6 is 0 Å². The molecule has 1 amide bonds. The van der Waals surface area contributed by atoms with E-state index in [1.54, 1.807) is 12.5 Å². The molecule has 0 aliphatic carbocycles. The van der Waals surface area contributed by atoms with E-state index in [9.17, 15) is 4.79 Å². The largest absolute Gasteiger partial charge is 0.453 e. The highest BCUT2D eigenvalue weighted by Crippen LogP contribution is 2.43. The van der Waals surface area contributed by atoms with Gasteiger partial charge in [0.25, 0.3) is 0 Å². The summed E-state index contributed by atoms with van der Waals surface area (Å²) in [5, 5.41) is 2.95. The van der Waals surface area contributed by atoms with Gasteiger partial charge in [-0.15, -0.1) is 0 Å². The van der Waals surface area contributed by atoms with Gasteiger partial charge >= 0.3 is 0 Å². The van der Waals surface area contributed by atoms with Crippen molar-refractivity contribution in [3.05, 3.63) is 30.2 Å². The molecule has 2 N–H and O–H groups in total. The van der Waals surface area contributed by atoms with Gasteiger partial charge in [-0.25, -0.2) is 4.98 Å². The Labute approximate surface area is 135 Å². The smallest absolute Gasteiger partial charge is 0.231 e. The van der Waals surface area contributed by atoms with E-state index in [0.717, 1.165) is 42.6 Å². The minimum Gasteiger partial charge on any atom is -0.453 e. The average molecular weight is 315 g/mol. The zero-order chi connectivity index (χ0) is 16.1. The first-order valence-electron chi connectivity index (χ1n) is 7.96. The van der Waals surface area contributed by atoms with Gasteiger partial charge in [-0.1, -0.05) is 25.8 Å². The van der Waals surface area contributed by atoms with Crippen molar-refractivity contribution in [3.63, 3.8) is 0 Å². The van der Waals surface area contributed by atoms with Crippen LogP contribution in [0.1, 0.15) is 31.7 Å². The van der Waals surface area contributed by atoms with Gasteiger partial charge in [0, 0.05) is 17.7 Å². The molecule has 1 aromatic carbocycles. The van der Waals surface area contributed by atoms with Gasteiger partial charge in [-0.2, -0.15) is 0 Å². The number of carbonyl (C=O) groups excluding carboxylic acids is 1. The average Bonchev–Trinajstić information content (AvgIpc) is 3.23. The van der Waals surface area contributed by atoms with Crippen LogP contribution in [0.3, 0.4) is 0 Å². The molecule has 0 fully saturated rings. The van der Waals surface area contributed by atoms with Crippen molar-refractivity contribution in [2.45, 2.75) is 32.6 Å². The number of rotatable bonds is 7. The fourth-order valence-electron chi connectivity index (χ4n) is 2.65. The molecule has 6 heteroatoms. The molecule has 23 heavy (non-hydrogen) atoms. The van der Waals surface area contributed by atoms with E-state index >= 15 is 0 Å². The first-order chi connectivity index (χ1) is 11.3. The summed E-state index contributed by atoms with van der Waals surface area (Å²) < 4.78 is 11.2. The highest BCUT2D eigenvalue weighted by atomic mass is 16.7. The zero-order valence-corrected chi connectivity index (χ0v) is 13.2. The summed E-state index contributed by atoms with van der Waals surface area (Å²) in [4.78, 5) is 19.2. The van der Waals surface area contributed by atoms with Gasteiger partial charge in [-0.05, 0) is 12.5 Å². The topological polar surface area (TPSA) is 76.2 Å². The second-order valence-corrected chi connectivity index (χ2v) is 5.54. The fourth-order valence-corrected chi connectivity index (χ4v) is 2.65. The van der Waals surface area contributed by atoms with Crippen molar-refractivity contribution in [1.82, 2.24) is 15.3 Å². The van der Waals surface area contributed by atoms with Crippen molar-refractivity contribution in [2.75, 3.05) is 13.3 Å². The summed E-state index contributed by atoms with van der Waals surface area (Å²) in [7, 11) is 0. The maximum absolute atomic E-state index is 12.1. The Morgan fingerprint density at radius 3 is 2.96 bits per heavy atom. The van der Waals surface area contributed by atoms with Crippen LogP contribution in [0.15, 0.2) is 24.7 Å². The van der Waals surface area contributed by atoms with E-state index in [2.05, 4.69) is 22.2 Å². The van der Waals surface area contributed by atoms with Crippen LogP contribution in [0.5, 0.6) is 11.5 Å². The van der Waals surface area contributed by atoms with Gasteiger partial charge in [0.05, 0.1) is 24.6 Å². The quantitative estimate of drug-likeness (QED) is 0.770. The Morgan fingerprint density at radius 1 is 1.30 bits per heavy atom. The monoisotopic (exact) mass is 315 g/mol. The molecule has 0 unspecified atom stereocenters. The van der Waals surface area contributed by atoms with Crippen molar-refractivity contribution in [3.8, 4) is 22.8 Å². The van der Waals surface area contributed by atoms with Crippen LogP contribution in [0.4, 0.5) is 0 Å². The number of benzene rings is 1. The summed E-state index contributed by atoms with van der Waals surface area (Å²) in [5.41, 5.74) is 2.60. The number of carbonyl (C=O) groups is 1. The van der Waals surface area contributed by atoms with Crippen LogP contribution in [0.2, 0.25) is 0 Å². The van der Waals surface area contributed by atoms with Crippen molar-refractivity contribution >= 4 is 5.91 Å². The zero-order valence-electron chi connectivity index (χ0n) is 13.2. The Hall–Kier alpha value is -2.50. The van der Waals surface area contributed by atoms with Gasteiger partial charge in [0.2, 0.25) is 12.7 Å². The lowest BCUT2D eigenvalue weighted by molar-refractivity contribution is -0.120. The SMILES string of the molecule is CCCCCNC(=O)Cc1ccc(-c2cnc[nH]2)c2c1OCO2. The molecular formula is C17H21N3O3. The minimum atomic E-state index is 0.00749. The number of nitrogens with zero attached hydrogens (tertiary/aromatic N) is 1. The van der Waals surface area contributed by atoms with Crippen LogP contribution in [-0.4, -0.2) is 29.2 Å². The number of imidazole rings is 1. The second kappa shape index (κ2) is 7.17. The van der Waals surface area contributed by atoms with E-state index in [0.29, 0.717) is 17.9 Å². The number of fused-ring (bicyclic) bond motifs is 1.